The third-order valence-electron chi connectivity index (χ3n) is 4.88. The molecule has 0 atom stereocenters. The number of carbonyl (C=O) groups is 1. The number of benzene rings is 2. The van der Waals surface area contributed by atoms with Gasteiger partial charge in [0, 0.05) is 43.6 Å². The van der Waals surface area contributed by atoms with Crippen molar-refractivity contribution in [2.24, 2.45) is 0 Å². The van der Waals surface area contributed by atoms with Crippen molar-refractivity contribution in [2.45, 2.75) is 6.92 Å². The maximum atomic E-state index is 13.1. The summed E-state index contributed by atoms with van der Waals surface area (Å²) in [6.07, 6.45) is 0. The summed E-state index contributed by atoms with van der Waals surface area (Å²) in [5, 5.41) is 2.75. The van der Waals surface area contributed by atoms with Gasteiger partial charge in [0.2, 0.25) is 0 Å². The quantitative estimate of drug-likeness (QED) is 0.738. The Labute approximate surface area is 169 Å². The van der Waals surface area contributed by atoms with E-state index in [-0.39, 0.29) is 11.7 Å². The molecule has 2 heterocycles. The molecule has 1 aromatic heterocycles. The smallest absolute Gasteiger partial charge is 0.274 e. The number of hydrogen-bond acceptors (Lipinski definition) is 5. The Morgan fingerprint density at radius 1 is 0.931 bits per heavy atom. The van der Waals surface area contributed by atoms with Crippen LogP contribution < -0.4 is 15.1 Å². The summed E-state index contributed by atoms with van der Waals surface area (Å²) in [6, 6.07) is 17.7. The predicted octanol–water partition coefficient (Wildman–Crippen LogP) is 3.50. The first kappa shape index (κ1) is 18.9. The number of hydrogen-bond donors (Lipinski definition) is 1. The molecule has 1 aliphatic rings. The van der Waals surface area contributed by atoms with Gasteiger partial charge >= 0.3 is 0 Å². The van der Waals surface area contributed by atoms with Gasteiger partial charge in [0.25, 0.3) is 5.91 Å². The van der Waals surface area contributed by atoms with Gasteiger partial charge < -0.3 is 15.1 Å². The van der Waals surface area contributed by atoms with E-state index in [1.807, 2.05) is 18.2 Å². The lowest BCUT2D eigenvalue weighted by molar-refractivity contribution is 0.102. The van der Waals surface area contributed by atoms with Crippen molar-refractivity contribution >= 4 is 23.1 Å². The van der Waals surface area contributed by atoms with Crippen molar-refractivity contribution in [1.82, 2.24) is 9.97 Å². The number of para-hydroxylation sites is 1. The molecule has 1 amide bonds. The van der Waals surface area contributed by atoms with Gasteiger partial charge in [0.1, 0.15) is 23.2 Å². The van der Waals surface area contributed by atoms with Crippen molar-refractivity contribution in [3.8, 4) is 0 Å². The Bertz CT molecular complexity index is 986. The summed E-state index contributed by atoms with van der Waals surface area (Å²) in [5.41, 5.74) is 2.03. The number of rotatable bonds is 4. The van der Waals surface area contributed by atoms with E-state index < -0.39 is 0 Å². The van der Waals surface area contributed by atoms with Crippen LogP contribution in [0.3, 0.4) is 0 Å². The zero-order chi connectivity index (χ0) is 20.2. The molecule has 2 aromatic carbocycles. The topological polar surface area (TPSA) is 61.4 Å². The van der Waals surface area contributed by atoms with E-state index in [1.54, 1.807) is 13.0 Å². The molecule has 0 saturated carbocycles. The van der Waals surface area contributed by atoms with Crippen LogP contribution in [0.5, 0.6) is 0 Å². The monoisotopic (exact) mass is 391 g/mol. The molecule has 1 fully saturated rings. The molecule has 3 aromatic rings. The number of piperazine rings is 1. The second-order valence-electron chi connectivity index (χ2n) is 6.93. The molecule has 1 N–H and O–H groups in total. The highest BCUT2D eigenvalue weighted by Crippen LogP contribution is 2.20. The van der Waals surface area contributed by atoms with E-state index in [0.29, 0.717) is 17.2 Å². The number of carbonyl (C=O) groups excluding carboxylic acids is 1. The molecule has 148 valence electrons. The van der Waals surface area contributed by atoms with Crippen molar-refractivity contribution in [3.05, 3.63) is 78.0 Å². The average Bonchev–Trinajstić information content (AvgIpc) is 2.75. The number of amides is 1. The highest BCUT2D eigenvalue weighted by atomic mass is 19.1. The van der Waals surface area contributed by atoms with Crippen LogP contribution >= 0.6 is 0 Å². The second kappa shape index (κ2) is 8.26. The maximum Gasteiger partial charge on any atom is 0.274 e. The first-order valence-electron chi connectivity index (χ1n) is 9.56. The van der Waals surface area contributed by atoms with E-state index in [2.05, 4.69) is 37.2 Å². The molecule has 0 spiro atoms. The SMILES string of the molecule is Cc1nc(C(=O)Nc2ccc(F)cc2)cc(N2CCN(c3ccccc3)CC2)n1. The largest absolute Gasteiger partial charge is 0.368 e. The average molecular weight is 391 g/mol. The van der Waals surface area contributed by atoms with Gasteiger partial charge in [-0.1, -0.05) is 18.2 Å². The van der Waals surface area contributed by atoms with Crippen molar-refractivity contribution in [3.63, 3.8) is 0 Å². The number of halogens is 1. The molecular formula is C22H22FN5O. The zero-order valence-corrected chi connectivity index (χ0v) is 16.2. The Balaban J connectivity index is 1.46. The highest BCUT2D eigenvalue weighted by Gasteiger charge is 2.20. The van der Waals surface area contributed by atoms with Crippen LogP contribution in [0.2, 0.25) is 0 Å². The lowest BCUT2D eigenvalue weighted by Crippen LogP contribution is -2.47. The molecule has 0 radical (unpaired) electrons. The summed E-state index contributed by atoms with van der Waals surface area (Å²) >= 11 is 0. The summed E-state index contributed by atoms with van der Waals surface area (Å²) in [5.74, 6) is 0.593. The summed E-state index contributed by atoms with van der Waals surface area (Å²) in [4.78, 5) is 25.9. The number of aromatic nitrogens is 2. The van der Waals surface area contributed by atoms with Gasteiger partial charge in [-0.25, -0.2) is 14.4 Å². The van der Waals surface area contributed by atoms with Crippen molar-refractivity contribution in [1.29, 1.82) is 0 Å². The summed E-state index contributed by atoms with van der Waals surface area (Å²) < 4.78 is 13.1. The maximum absolute atomic E-state index is 13.1. The fourth-order valence-electron chi connectivity index (χ4n) is 3.39. The van der Waals surface area contributed by atoms with Crippen LogP contribution in [0.15, 0.2) is 60.7 Å². The van der Waals surface area contributed by atoms with Gasteiger partial charge in [-0.05, 0) is 43.3 Å². The molecule has 0 aliphatic carbocycles. The van der Waals surface area contributed by atoms with Gasteiger partial charge in [0.05, 0.1) is 0 Å². The molecule has 0 bridgehead atoms. The van der Waals surface area contributed by atoms with Crippen LogP contribution in [-0.4, -0.2) is 42.1 Å². The van der Waals surface area contributed by atoms with Gasteiger partial charge in [-0.15, -0.1) is 0 Å². The van der Waals surface area contributed by atoms with Crippen molar-refractivity contribution < 1.29 is 9.18 Å². The standard InChI is InChI=1S/C22H22FN5O/c1-16-24-20(22(29)26-18-9-7-17(23)8-10-18)15-21(25-16)28-13-11-27(12-14-28)19-5-3-2-4-6-19/h2-10,15H,11-14H2,1H3,(H,26,29). The zero-order valence-electron chi connectivity index (χ0n) is 16.2. The van der Waals surface area contributed by atoms with Gasteiger partial charge in [-0.2, -0.15) is 0 Å². The minimum Gasteiger partial charge on any atom is -0.368 e. The Morgan fingerprint density at radius 3 is 2.28 bits per heavy atom. The molecule has 7 heteroatoms. The van der Waals surface area contributed by atoms with Crippen LogP contribution in [0.4, 0.5) is 21.6 Å². The molecule has 6 nitrogen and oxygen atoms in total. The molecule has 29 heavy (non-hydrogen) atoms. The van der Waals surface area contributed by atoms with Crippen LogP contribution in [0.25, 0.3) is 0 Å². The van der Waals surface area contributed by atoms with E-state index in [4.69, 9.17) is 0 Å². The molecule has 0 unspecified atom stereocenters. The van der Waals surface area contributed by atoms with E-state index in [1.165, 1.54) is 30.0 Å². The molecule has 1 aliphatic heterocycles. The fourth-order valence-corrected chi connectivity index (χ4v) is 3.39. The lowest BCUT2D eigenvalue weighted by atomic mass is 10.2. The van der Waals surface area contributed by atoms with Crippen LogP contribution in [0.1, 0.15) is 16.3 Å². The predicted molar refractivity (Wildman–Crippen MR) is 112 cm³/mol. The minimum absolute atomic E-state index is 0.294. The Morgan fingerprint density at radius 2 is 1.59 bits per heavy atom. The third kappa shape index (κ3) is 4.51. The highest BCUT2D eigenvalue weighted by molar-refractivity contribution is 6.03. The first-order valence-corrected chi connectivity index (χ1v) is 9.56. The van der Waals surface area contributed by atoms with Crippen molar-refractivity contribution in [2.75, 3.05) is 41.3 Å². The Kier molecular flexibility index (Phi) is 5.37. The summed E-state index contributed by atoms with van der Waals surface area (Å²) in [7, 11) is 0. The molecule has 4 rings (SSSR count). The number of aryl methyl sites for hydroxylation is 1. The fraction of sp³-hybridized carbons (Fsp3) is 0.227. The van der Waals surface area contributed by atoms with Crippen LogP contribution in [-0.2, 0) is 0 Å². The van der Waals surface area contributed by atoms with E-state index in [0.717, 1.165) is 32.0 Å². The normalized spacial score (nSPS) is 14.0. The van der Waals surface area contributed by atoms with E-state index in [9.17, 15) is 9.18 Å². The summed E-state index contributed by atoms with van der Waals surface area (Å²) in [6.45, 7) is 5.15. The number of anilines is 3. The molecular weight excluding hydrogens is 369 g/mol. The number of nitrogens with one attached hydrogen (secondary N) is 1. The number of nitrogens with zero attached hydrogens (tertiary/aromatic N) is 4. The molecule has 1 saturated heterocycles. The van der Waals surface area contributed by atoms with E-state index >= 15 is 0 Å². The lowest BCUT2D eigenvalue weighted by Gasteiger charge is -2.36. The second-order valence-corrected chi connectivity index (χ2v) is 6.93. The van der Waals surface area contributed by atoms with Crippen LogP contribution in [0, 0.1) is 12.7 Å². The van der Waals surface area contributed by atoms with Gasteiger partial charge in [0.15, 0.2) is 0 Å². The third-order valence-corrected chi connectivity index (χ3v) is 4.88. The minimum atomic E-state index is -0.349. The first-order chi connectivity index (χ1) is 14.1. The Hall–Kier alpha value is -3.48. The van der Waals surface area contributed by atoms with Gasteiger partial charge in [-0.3, -0.25) is 4.79 Å².